The Hall–Kier alpha value is 0.230. The first-order valence-electron chi connectivity index (χ1n) is 3.32. The summed E-state index contributed by atoms with van der Waals surface area (Å²) >= 11 is 1.52. The Bertz CT molecular complexity index is 109. The third kappa shape index (κ3) is 1.85. The number of aliphatic hydroxyl groups excluding tert-OH is 3. The maximum absolute atomic E-state index is 9.10. The lowest BCUT2D eigenvalue weighted by Crippen LogP contribution is -2.37. The third-order valence-electron chi connectivity index (χ3n) is 1.65. The van der Waals surface area contributed by atoms with E-state index in [1.54, 1.807) is 0 Å². The summed E-state index contributed by atoms with van der Waals surface area (Å²) in [6.07, 6.45) is -0.742. The van der Waals surface area contributed by atoms with Gasteiger partial charge in [-0.25, -0.2) is 0 Å². The van der Waals surface area contributed by atoms with Crippen LogP contribution in [0, 0.1) is 0 Å². The zero-order chi connectivity index (χ0) is 7.56. The molecule has 0 amide bonds. The van der Waals surface area contributed by atoms with E-state index in [1.165, 1.54) is 11.8 Å². The summed E-state index contributed by atoms with van der Waals surface area (Å²) in [5.74, 6) is 0.534. The summed E-state index contributed by atoms with van der Waals surface area (Å²) in [7, 11) is 0. The van der Waals surface area contributed by atoms with E-state index >= 15 is 0 Å². The minimum absolute atomic E-state index is 0.0917. The number of hydrogen-bond donors (Lipinski definition) is 3. The zero-order valence-corrected chi connectivity index (χ0v) is 6.42. The Morgan fingerprint density at radius 1 is 1.30 bits per heavy atom. The van der Waals surface area contributed by atoms with Gasteiger partial charge >= 0.3 is 0 Å². The highest BCUT2D eigenvalue weighted by Crippen LogP contribution is 2.24. The van der Waals surface area contributed by atoms with E-state index in [2.05, 4.69) is 0 Å². The summed E-state index contributed by atoms with van der Waals surface area (Å²) in [5.41, 5.74) is 0. The van der Waals surface area contributed by atoms with Gasteiger partial charge in [-0.2, -0.15) is 11.8 Å². The van der Waals surface area contributed by atoms with Crippen molar-refractivity contribution in [1.29, 1.82) is 0 Å². The molecular weight excluding hydrogens is 152 g/mol. The summed E-state index contributed by atoms with van der Waals surface area (Å²) in [6.45, 7) is 0.0917. The fourth-order valence-corrected chi connectivity index (χ4v) is 2.10. The second-order valence-electron chi connectivity index (χ2n) is 2.51. The predicted octanol–water partition coefficient (Wildman–Crippen LogP) is -0.794. The van der Waals surface area contributed by atoms with Crippen molar-refractivity contribution in [3.63, 3.8) is 0 Å². The first-order valence-corrected chi connectivity index (χ1v) is 4.37. The van der Waals surface area contributed by atoms with Crippen LogP contribution in [0.25, 0.3) is 0 Å². The van der Waals surface area contributed by atoms with Crippen molar-refractivity contribution in [1.82, 2.24) is 0 Å². The fourth-order valence-electron chi connectivity index (χ4n) is 0.967. The van der Waals surface area contributed by atoms with Gasteiger partial charge in [-0.05, 0) is 6.42 Å². The van der Waals surface area contributed by atoms with Crippen molar-refractivity contribution >= 4 is 11.8 Å². The minimum atomic E-state index is -0.640. The van der Waals surface area contributed by atoms with E-state index in [0.717, 1.165) is 0 Å². The molecule has 1 aliphatic rings. The zero-order valence-electron chi connectivity index (χ0n) is 5.60. The normalized spacial score (nSPS) is 41.7. The molecule has 0 aromatic heterocycles. The standard InChI is InChI=1S/C6H12O3S/c7-2-4-1-5(8)6(9)3-10-4/h4-9H,1-3H2/t4-,5-,6-/m1/s1. The Balaban J connectivity index is 2.33. The quantitative estimate of drug-likeness (QED) is 0.475. The molecule has 0 aliphatic carbocycles. The molecule has 3 nitrogen and oxygen atoms in total. The summed E-state index contributed by atoms with van der Waals surface area (Å²) in [6, 6.07) is 0. The van der Waals surface area contributed by atoms with E-state index in [4.69, 9.17) is 15.3 Å². The largest absolute Gasteiger partial charge is 0.395 e. The number of thioether (sulfide) groups is 1. The van der Waals surface area contributed by atoms with Crippen LogP contribution in [0.4, 0.5) is 0 Å². The number of hydrogen-bond acceptors (Lipinski definition) is 4. The second kappa shape index (κ2) is 3.57. The Labute approximate surface area is 64.1 Å². The van der Waals surface area contributed by atoms with Crippen LogP contribution in [0.1, 0.15) is 6.42 Å². The average Bonchev–Trinajstić information content (AvgIpc) is 1.95. The molecule has 0 aromatic carbocycles. The third-order valence-corrected chi connectivity index (χ3v) is 3.00. The minimum Gasteiger partial charge on any atom is -0.395 e. The maximum Gasteiger partial charge on any atom is 0.0889 e. The molecule has 3 N–H and O–H groups in total. The average molecular weight is 164 g/mol. The van der Waals surface area contributed by atoms with Crippen LogP contribution in [0.5, 0.6) is 0 Å². The van der Waals surface area contributed by atoms with Crippen molar-refractivity contribution in [2.75, 3.05) is 12.4 Å². The number of aliphatic hydroxyl groups is 3. The van der Waals surface area contributed by atoms with Crippen molar-refractivity contribution in [3.05, 3.63) is 0 Å². The van der Waals surface area contributed by atoms with Gasteiger partial charge in [0.1, 0.15) is 0 Å². The van der Waals surface area contributed by atoms with E-state index in [9.17, 15) is 0 Å². The van der Waals surface area contributed by atoms with Crippen molar-refractivity contribution < 1.29 is 15.3 Å². The lowest BCUT2D eigenvalue weighted by atomic mass is 10.1. The van der Waals surface area contributed by atoms with Crippen LogP contribution in [0.3, 0.4) is 0 Å². The molecule has 0 saturated carbocycles. The summed E-state index contributed by atoms with van der Waals surface area (Å²) in [5, 5.41) is 26.9. The monoisotopic (exact) mass is 164 g/mol. The van der Waals surface area contributed by atoms with Gasteiger partial charge in [0.05, 0.1) is 18.8 Å². The highest BCUT2D eigenvalue weighted by molar-refractivity contribution is 8.00. The molecule has 1 aliphatic heterocycles. The van der Waals surface area contributed by atoms with Crippen LogP contribution in [0.15, 0.2) is 0 Å². The Morgan fingerprint density at radius 2 is 2.00 bits per heavy atom. The lowest BCUT2D eigenvalue weighted by molar-refractivity contribution is 0.0216. The second-order valence-corrected chi connectivity index (χ2v) is 3.84. The molecule has 0 bridgehead atoms. The van der Waals surface area contributed by atoms with Gasteiger partial charge in [-0.1, -0.05) is 0 Å². The predicted molar refractivity (Wildman–Crippen MR) is 40.0 cm³/mol. The first-order chi connectivity index (χ1) is 4.74. The molecule has 10 heavy (non-hydrogen) atoms. The van der Waals surface area contributed by atoms with Crippen LogP contribution < -0.4 is 0 Å². The van der Waals surface area contributed by atoms with Crippen molar-refractivity contribution in [2.24, 2.45) is 0 Å². The molecule has 60 valence electrons. The maximum atomic E-state index is 9.10. The molecule has 1 heterocycles. The highest BCUT2D eigenvalue weighted by atomic mass is 32.2. The van der Waals surface area contributed by atoms with E-state index < -0.39 is 12.2 Å². The van der Waals surface area contributed by atoms with Gasteiger partial charge in [0.15, 0.2) is 0 Å². The van der Waals surface area contributed by atoms with E-state index in [-0.39, 0.29) is 11.9 Å². The topological polar surface area (TPSA) is 60.7 Å². The molecule has 0 radical (unpaired) electrons. The van der Waals surface area contributed by atoms with Crippen LogP contribution in [0.2, 0.25) is 0 Å². The molecule has 1 saturated heterocycles. The number of rotatable bonds is 1. The molecular formula is C6H12O3S. The SMILES string of the molecule is OC[C@H]1C[C@@H](O)[C@H](O)CS1. The van der Waals surface area contributed by atoms with Crippen LogP contribution >= 0.6 is 11.8 Å². The molecule has 1 fully saturated rings. The lowest BCUT2D eigenvalue weighted by Gasteiger charge is -2.28. The Morgan fingerprint density at radius 3 is 2.50 bits per heavy atom. The fraction of sp³-hybridized carbons (Fsp3) is 1.00. The van der Waals surface area contributed by atoms with Crippen LogP contribution in [-0.4, -0.2) is 45.1 Å². The molecule has 0 spiro atoms. The van der Waals surface area contributed by atoms with Crippen LogP contribution in [-0.2, 0) is 0 Å². The smallest absolute Gasteiger partial charge is 0.0889 e. The summed E-state index contributed by atoms with van der Waals surface area (Å²) in [4.78, 5) is 0. The molecule has 1 rings (SSSR count). The van der Waals surface area contributed by atoms with Gasteiger partial charge < -0.3 is 15.3 Å². The van der Waals surface area contributed by atoms with Gasteiger partial charge in [0.2, 0.25) is 0 Å². The van der Waals surface area contributed by atoms with E-state index in [0.29, 0.717) is 12.2 Å². The molecule has 4 heteroatoms. The van der Waals surface area contributed by atoms with Gasteiger partial charge in [0, 0.05) is 11.0 Å². The molecule has 3 atom stereocenters. The van der Waals surface area contributed by atoms with Crippen molar-refractivity contribution in [3.8, 4) is 0 Å². The molecule has 0 aromatic rings. The molecule has 0 unspecified atom stereocenters. The summed E-state index contributed by atoms with van der Waals surface area (Å²) < 4.78 is 0. The first kappa shape index (κ1) is 8.33. The van der Waals surface area contributed by atoms with Gasteiger partial charge in [-0.3, -0.25) is 0 Å². The highest BCUT2D eigenvalue weighted by Gasteiger charge is 2.27. The van der Waals surface area contributed by atoms with Crippen molar-refractivity contribution in [2.45, 2.75) is 23.9 Å². The van der Waals surface area contributed by atoms with E-state index in [1.807, 2.05) is 0 Å². The Kier molecular flexibility index (Phi) is 2.97. The van der Waals surface area contributed by atoms with Gasteiger partial charge in [0.25, 0.3) is 0 Å². The van der Waals surface area contributed by atoms with Gasteiger partial charge in [-0.15, -0.1) is 0 Å².